The molecule has 0 aliphatic carbocycles. The fourth-order valence-electron chi connectivity index (χ4n) is 3.30. The zero-order chi connectivity index (χ0) is 19.3. The van der Waals surface area contributed by atoms with E-state index >= 15 is 0 Å². The molecule has 6 N–H and O–H groups in total. The Morgan fingerprint density at radius 1 is 1.42 bits per heavy atom. The van der Waals surface area contributed by atoms with E-state index in [4.69, 9.17) is 16.3 Å². The summed E-state index contributed by atoms with van der Waals surface area (Å²) in [4.78, 5) is 14.6. The summed E-state index contributed by atoms with van der Waals surface area (Å²) in [5, 5.41) is 42.9. The number of halogens is 2. The SMILES string of the molecule is CC(=O)N[C@@H]1[C@@H](O)O[C@](Br)(CO)[C@](O)(Cl)[C@@]1(O)c1c[nH]c2ccccc12. The number of aliphatic hydroxyl groups is 4. The second-order valence-electron chi connectivity index (χ2n) is 6.21. The second kappa shape index (κ2) is 6.45. The van der Waals surface area contributed by atoms with Crippen LogP contribution in [0.25, 0.3) is 10.9 Å². The van der Waals surface area contributed by atoms with E-state index in [2.05, 4.69) is 26.2 Å². The number of rotatable bonds is 3. The van der Waals surface area contributed by atoms with Crippen molar-refractivity contribution in [2.75, 3.05) is 6.61 Å². The maximum Gasteiger partial charge on any atom is 0.217 e. The number of carbonyl (C=O) groups is 1. The van der Waals surface area contributed by atoms with Crippen LogP contribution >= 0.6 is 27.5 Å². The van der Waals surface area contributed by atoms with E-state index in [0.29, 0.717) is 10.9 Å². The number of amides is 1. The van der Waals surface area contributed by atoms with Gasteiger partial charge in [0, 0.05) is 29.6 Å². The van der Waals surface area contributed by atoms with Gasteiger partial charge in [0.15, 0.2) is 16.4 Å². The van der Waals surface area contributed by atoms with Crippen molar-refractivity contribution in [1.82, 2.24) is 10.3 Å². The van der Waals surface area contributed by atoms with Crippen molar-refractivity contribution in [1.29, 1.82) is 0 Å². The van der Waals surface area contributed by atoms with Crippen LogP contribution in [0, 0.1) is 0 Å². The van der Waals surface area contributed by atoms with Crippen LogP contribution in [0.15, 0.2) is 30.5 Å². The van der Waals surface area contributed by atoms with E-state index in [1.165, 1.54) is 13.1 Å². The van der Waals surface area contributed by atoms with Crippen LogP contribution in [-0.4, -0.2) is 59.8 Å². The summed E-state index contributed by atoms with van der Waals surface area (Å²) in [6.07, 6.45) is -0.376. The molecule has 10 heteroatoms. The number of aromatic nitrogens is 1. The van der Waals surface area contributed by atoms with E-state index in [1.54, 1.807) is 24.3 Å². The number of fused-ring (bicyclic) bond motifs is 1. The van der Waals surface area contributed by atoms with Crippen molar-refractivity contribution < 1.29 is 30.0 Å². The predicted molar refractivity (Wildman–Crippen MR) is 96.4 cm³/mol. The zero-order valence-corrected chi connectivity index (χ0v) is 16.0. The molecule has 0 saturated carbocycles. The molecule has 0 radical (unpaired) electrons. The summed E-state index contributed by atoms with van der Waals surface area (Å²) < 4.78 is 3.10. The highest BCUT2D eigenvalue weighted by Gasteiger charge is 2.72. The van der Waals surface area contributed by atoms with Gasteiger partial charge in [0.25, 0.3) is 0 Å². The quantitative estimate of drug-likeness (QED) is 0.371. The van der Waals surface area contributed by atoms with Crippen molar-refractivity contribution in [3.8, 4) is 0 Å². The molecular weight excluding hydrogens is 432 g/mol. The van der Waals surface area contributed by atoms with Crippen LogP contribution in [0.4, 0.5) is 0 Å². The molecule has 1 aliphatic heterocycles. The minimum atomic E-state index is -2.67. The number of benzene rings is 1. The first-order chi connectivity index (χ1) is 12.1. The van der Waals surface area contributed by atoms with Gasteiger partial charge in [-0.2, -0.15) is 0 Å². The molecule has 1 saturated heterocycles. The molecule has 1 aromatic heterocycles. The van der Waals surface area contributed by atoms with Crippen LogP contribution in [0.2, 0.25) is 0 Å². The molecule has 26 heavy (non-hydrogen) atoms. The summed E-state index contributed by atoms with van der Waals surface area (Å²) in [5.41, 5.74) is -1.69. The lowest BCUT2D eigenvalue weighted by Gasteiger charge is -2.56. The Labute approximate surface area is 161 Å². The molecule has 1 aliphatic rings. The highest BCUT2D eigenvalue weighted by molar-refractivity contribution is 9.10. The Hall–Kier alpha value is -1.20. The Morgan fingerprint density at radius 2 is 2.08 bits per heavy atom. The summed E-state index contributed by atoms with van der Waals surface area (Å²) >= 11 is 9.30. The Morgan fingerprint density at radius 3 is 2.69 bits per heavy atom. The van der Waals surface area contributed by atoms with E-state index in [9.17, 15) is 25.2 Å². The van der Waals surface area contributed by atoms with Gasteiger partial charge in [0.05, 0.1) is 6.61 Å². The van der Waals surface area contributed by atoms with Crippen molar-refractivity contribution in [3.05, 3.63) is 36.0 Å². The monoisotopic (exact) mass is 448 g/mol. The molecule has 1 aromatic carbocycles. The molecule has 0 unspecified atom stereocenters. The largest absolute Gasteiger partial charge is 0.392 e. The maximum absolute atomic E-state index is 11.6. The van der Waals surface area contributed by atoms with Crippen LogP contribution in [0.5, 0.6) is 0 Å². The predicted octanol–water partition coefficient (Wildman–Crippen LogP) is 0.220. The highest BCUT2D eigenvalue weighted by Crippen LogP contribution is 2.55. The first kappa shape index (κ1) is 19.6. The number of hydrogen-bond acceptors (Lipinski definition) is 6. The van der Waals surface area contributed by atoms with Gasteiger partial charge in [0.2, 0.25) is 11.0 Å². The average molecular weight is 450 g/mol. The normalized spacial score (nSPS) is 37.7. The first-order valence-electron chi connectivity index (χ1n) is 7.71. The van der Waals surface area contributed by atoms with Gasteiger partial charge in [-0.25, -0.2) is 0 Å². The van der Waals surface area contributed by atoms with E-state index in [-0.39, 0.29) is 5.56 Å². The Bertz CT molecular complexity index is 845. The lowest BCUT2D eigenvalue weighted by Crippen LogP contribution is -2.77. The van der Waals surface area contributed by atoms with Gasteiger partial charge in [-0.1, -0.05) is 29.8 Å². The smallest absolute Gasteiger partial charge is 0.217 e. The van der Waals surface area contributed by atoms with E-state index in [1.807, 2.05) is 0 Å². The van der Waals surface area contributed by atoms with Gasteiger partial charge in [0.1, 0.15) is 6.04 Å². The minimum absolute atomic E-state index is 0.115. The molecule has 8 nitrogen and oxygen atoms in total. The molecule has 1 fully saturated rings. The number of H-pyrrole nitrogens is 1. The van der Waals surface area contributed by atoms with Crippen molar-refractivity contribution in [3.63, 3.8) is 0 Å². The molecule has 0 bridgehead atoms. The molecular formula is C16H18BrClN2O6. The second-order valence-corrected chi connectivity index (χ2v) is 8.04. The van der Waals surface area contributed by atoms with Crippen LogP contribution in [0.1, 0.15) is 12.5 Å². The summed E-state index contributed by atoms with van der Waals surface area (Å²) in [6, 6.07) is 5.37. The third-order valence-electron chi connectivity index (χ3n) is 4.60. The number of nitrogens with one attached hydrogen (secondary N) is 2. The topological polar surface area (TPSA) is 135 Å². The lowest BCUT2D eigenvalue weighted by atomic mass is 9.76. The average Bonchev–Trinajstić information content (AvgIpc) is 3.01. The summed E-state index contributed by atoms with van der Waals surface area (Å²) in [6.45, 7) is 0.305. The van der Waals surface area contributed by atoms with Gasteiger partial charge in [-0.3, -0.25) is 4.79 Å². The Kier molecular flexibility index (Phi) is 4.85. The third-order valence-corrected chi connectivity index (χ3v) is 6.44. The Balaban J connectivity index is 2.29. The third kappa shape index (κ3) is 2.58. The van der Waals surface area contributed by atoms with Crippen molar-refractivity contribution >= 4 is 44.3 Å². The summed E-state index contributed by atoms with van der Waals surface area (Å²) in [7, 11) is 0. The number of alkyl halides is 2. The molecule has 142 valence electrons. The standard InChI is InChI=1S/C16H18BrClN2O6/c1-8(22)20-12-13(23)26-14(17,7-21)16(18,25)15(12,24)10-6-19-11-5-3-2-4-9(10)11/h2-6,12-13,19,21,23-25H,7H2,1H3,(H,20,22)/t12-,13+,14-,15-,16-/m1/s1. The molecule has 5 atom stereocenters. The van der Waals surface area contributed by atoms with E-state index < -0.39 is 40.0 Å². The number of para-hydroxylation sites is 1. The zero-order valence-electron chi connectivity index (χ0n) is 13.6. The maximum atomic E-state index is 11.6. The van der Waals surface area contributed by atoms with Gasteiger partial charge in [-0.05, 0) is 22.0 Å². The first-order valence-corrected chi connectivity index (χ1v) is 8.88. The highest BCUT2D eigenvalue weighted by atomic mass is 79.9. The number of ether oxygens (including phenoxy) is 1. The van der Waals surface area contributed by atoms with Gasteiger partial charge in [-0.15, -0.1) is 0 Å². The minimum Gasteiger partial charge on any atom is -0.392 e. The van der Waals surface area contributed by atoms with E-state index in [0.717, 1.165) is 0 Å². The van der Waals surface area contributed by atoms with Crippen LogP contribution in [0.3, 0.4) is 0 Å². The lowest BCUT2D eigenvalue weighted by molar-refractivity contribution is -0.316. The van der Waals surface area contributed by atoms with Crippen LogP contribution in [-0.2, 0) is 15.1 Å². The number of carbonyl (C=O) groups excluding carboxylic acids is 1. The number of aliphatic hydroxyl groups excluding tert-OH is 2. The summed E-state index contributed by atoms with van der Waals surface area (Å²) in [5.74, 6) is -0.588. The van der Waals surface area contributed by atoms with Gasteiger partial charge < -0.3 is 35.5 Å². The fourth-order valence-corrected chi connectivity index (χ4v) is 4.12. The molecule has 1 amide bonds. The van der Waals surface area contributed by atoms with Crippen LogP contribution < -0.4 is 5.32 Å². The van der Waals surface area contributed by atoms with Crippen molar-refractivity contribution in [2.45, 2.75) is 34.4 Å². The van der Waals surface area contributed by atoms with Crippen molar-refractivity contribution in [2.24, 2.45) is 0 Å². The molecule has 0 spiro atoms. The van der Waals surface area contributed by atoms with Gasteiger partial charge >= 0.3 is 0 Å². The fraction of sp³-hybridized carbons (Fsp3) is 0.438. The molecule has 2 aromatic rings. The molecule has 2 heterocycles. The molecule has 3 rings (SSSR count). The number of aromatic amines is 1. The number of hydrogen-bond donors (Lipinski definition) is 6.